The zero-order valence-corrected chi connectivity index (χ0v) is 11.1. The fourth-order valence-electron chi connectivity index (χ4n) is 1.83. The van der Waals surface area contributed by atoms with Crippen LogP contribution in [0, 0.1) is 0 Å². The van der Waals surface area contributed by atoms with E-state index in [9.17, 15) is 4.79 Å². The standard InChI is InChI=1S/C13H16N2OS/c1-15(2)12(16)8-10-9-6-4-5-7-11(9)14-13(10)17-3/h4-7,14H,8H2,1-3H3. The van der Waals surface area contributed by atoms with Gasteiger partial charge >= 0.3 is 0 Å². The predicted molar refractivity (Wildman–Crippen MR) is 72.5 cm³/mol. The molecule has 0 aliphatic rings. The first-order chi connectivity index (χ1) is 8.13. The van der Waals surface area contributed by atoms with Gasteiger partial charge in [-0.05, 0) is 12.3 Å². The monoisotopic (exact) mass is 248 g/mol. The van der Waals surface area contributed by atoms with Crippen molar-refractivity contribution in [3.05, 3.63) is 29.8 Å². The van der Waals surface area contributed by atoms with E-state index in [1.807, 2.05) is 24.5 Å². The molecule has 0 aliphatic carbocycles. The number of amides is 1. The molecule has 0 radical (unpaired) electrons. The number of likely N-dealkylation sites (N-methyl/N-ethyl adjacent to an activating group) is 1. The van der Waals surface area contributed by atoms with Crippen molar-refractivity contribution < 1.29 is 4.79 Å². The summed E-state index contributed by atoms with van der Waals surface area (Å²) in [6, 6.07) is 8.10. The fraction of sp³-hybridized carbons (Fsp3) is 0.308. The summed E-state index contributed by atoms with van der Waals surface area (Å²) in [5, 5.41) is 2.23. The van der Waals surface area contributed by atoms with Crippen LogP contribution in [-0.4, -0.2) is 36.1 Å². The summed E-state index contributed by atoms with van der Waals surface area (Å²) in [5.74, 6) is 0.130. The highest BCUT2D eigenvalue weighted by Crippen LogP contribution is 2.28. The normalized spacial score (nSPS) is 10.8. The van der Waals surface area contributed by atoms with Crippen molar-refractivity contribution >= 4 is 28.6 Å². The number of fused-ring (bicyclic) bond motifs is 1. The molecule has 17 heavy (non-hydrogen) atoms. The van der Waals surface area contributed by atoms with Crippen molar-refractivity contribution in [2.45, 2.75) is 11.4 Å². The molecule has 0 atom stereocenters. The van der Waals surface area contributed by atoms with Gasteiger partial charge in [-0.3, -0.25) is 4.79 Å². The second-order valence-corrected chi connectivity index (χ2v) is 4.96. The molecule has 1 amide bonds. The lowest BCUT2D eigenvalue weighted by Gasteiger charge is -2.10. The molecule has 1 N–H and O–H groups in total. The number of aromatic nitrogens is 1. The molecule has 4 heteroatoms. The van der Waals surface area contributed by atoms with Crippen molar-refractivity contribution in [3.63, 3.8) is 0 Å². The first-order valence-corrected chi connectivity index (χ1v) is 6.69. The number of carbonyl (C=O) groups is 1. The molecule has 2 rings (SSSR count). The fourth-order valence-corrected chi connectivity index (χ4v) is 2.47. The van der Waals surface area contributed by atoms with Crippen LogP contribution < -0.4 is 0 Å². The zero-order valence-electron chi connectivity index (χ0n) is 10.3. The summed E-state index contributed by atoms with van der Waals surface area (Å²) >= 11 is 1.65. The Kier molecular flexibility index (Phi) is 3.43. The number of nitrogens with zero attached hydrogens (tertiary/aromatic N) is 1. The average molecular weight is 248 g/mol. The number of thioether (sulfide) groups is 1. The maximum absolute atomic E-state index is 11.8. The second-order valence-electron chi connectivity index (χ2n) is 4.15. The van der Waals surface area contributed by atoms with Crippen molar-refractivity contribution in [2.75, 3.05) is 20.4 Å². The van der Waals surface area contributed by atoms with E-state index in [1.54, 1.807) is 30.8 Å². The molecule has 0 unspecified atom stereocenters. The molecule has 1 aromatic heterocycles. The molecule has 0 saturated carbocycles. The summed E-state index contributed by atoms with van der Waals surface area (Å²) in [7, 11) is 3.58. The average Bonchev–Trinajstić information content (AvgIpc) is 2.67. The van der Waals surface area contributed by atoms with Gasteiger partial charge in [0.05, 0.1) is 11.4 Å². The molecular weight excluding hydrogens is 232 g/mol. The molecule has 90 valence electrons. The molecule has 1 heterocycles. The Labute approximate surface area is 105 Å². The SMILES string of the molecule is CSc1[nH]c2ccccc2c1CC(=O)N(C)C. The van der Waals surface area contributed by atoms with Gasteiger partial charge in [0, 0.05) is 30.6 Å². The summed E-state index contributed by atoms with van der Waals surface area (Å²) in [6.07, 6.45) is 2.47. The number of benzene rings is 1. The lowest BCUT2D eigenvalue weighted by Crippen LogP contribution is -2.23. The van der Waals surface area contributed by atoms with Gasteiger partial charge in [0.25, 0.3) is 0 Å². The highest BCUT2D eigenvalue weighted by molar-refractivity contribution is 7.98. The molecule has 0 fully saturated rings. The van der Waals surface area contributed by atoms with Gasteiger partial charge in [-0.1, -0.05) is 18.2 Å². The highest BCUT2D eigenvalue weighted by atomic mass is 32.2. The third-order valence-electron chi connectivity index (χ3n) is 2.81. The minimum Gasteiger partial charge on any atom is -0.349 e. The van der Waals surface area contributed by atoms with Crippen LogP contribution >= 0.6 is 11.8 Å². The maximum Gasteiger partial charge on any atom is 0.226 e. The number of hydrogen-bond donors (Lipinski definition) is 1. The van der Waals surface area contributed by atoms with Crippen LogP contribution in [0.3, 0.4) is 0 Å². The number of para-hydroxylation sites is 1. The van der Waals surface area contributed by atoms with Crippen molar-refractivity contribution in [1.29, 1.82) is 0 Å². The van der Waals surface area contributed by atoms with Crippen LogP contribution in [-0.2, 0) is 11.2 Å². The van der Waals surface area contributed by atoms with Gasteiger partial charge in [-0.15, -0.1) is 11.8 Å². The quantitative estimate of drug-likeness (QED) is 0.847. The molecule has 0 aliphatic heterocycles. The Morgan fingerprint density at radius 1 is 1.35 bits per heavy atom. The Morgan fingerprint density at radius 3 is 2.71 bits per heavy atom. The molecular formula is C13H16N2OS. The largest absolute Gasteiger partial charge is 0.349 e. The van der Waals surface area contributed by atoms with E-state index >= 15 is 0 Å². The van der Waals surface area contributed by atoms with Gasteiger partial charge in [-0.25, -0.2) is 0 Å². The van der Waals surface area contributed by atoms with Crippen LogP contribution in [0.5, 0.6) is 0 Å². The smallest absolute Gasteiger partial charge is 0.226 e. The van der Waals surface area contributed by atoms with E-state index in [0.29, 0.717) is 6.42 Å². The van der Waals surface area contributed by atoms with Crippen molar-refractivity contribution in [3.8, 4) is 0 Å². The number of H-pyrrole nitrogens is 1. The van der Waals surface area contributed by atoms with Crippen LogP contribution in [0.15, 0.2) is 29.3 Å². The van der Waals surface area contributed by atoms with Crippen LogP contribution in [0.4, 0.5) is 0 Å². The number of nitrogens with one attached hydrogen (secondary N) is 1. The Hall–Kier alpha value is -1.42. The summed E-state index contributed by atoms with van der Waals surface area (Å²) in [6.45, 7) is 0. The van der Waals surface area contributed by atoms with E-state index in [0.717, 1.165) is 21.5 Å². The molecule has 1 aromatic carbocycles. The topological polar surface area (TPSA) is 36.1 Å². The maximum atomic E-state index is 11.8. The number of rotatable bonds is 3. The van der Waals surface area contributed by atoms with Gasteiger partial charge in [-0.2, -0.15) is 0 Å². The Balaban J connectivity index is 2.47. The first-order valence-electron chi connectivity index (χ1n) is 5.47. The summed E-state index contributed by atoms with van der Waals surface area (Å²) in [5.41, 5.74) is 2.20. The van der Waals surface area contributed by atoms with Crippen molar-refractivity contribution in [1.82, 2.24) is 9.88 Å². The molecule has 0 spiro atoms. The van der Waals surface area contributed by atoms with Gasteiger partial charge in [0.15, 0.2) is 0 Å². The Morgan fingerprint density at radius 2 is 2.06 bits per heavy atom. The minimum atomic E-state index is 0.130. The summed E-state index contributed by atoms with van der Waals surface area (Å²) in [4.78, 5) is 16.8. The lowest BCUT2D eigenvalue weighted by molar-refractivity contribution is -0.127. The lowest BCUT2D eigenvalue weighted by atomic mass is 10.1. The molecule has 2 aromatic rings. The molecule has 0 bridgehead atoms. The highest BCUT2D eigenvalue weighted by Gasteiger charge is 2.14. The first kappa shape index (κ1) is 12.0. The third-order valence-corrected chi connectivity index (χ3v) is 3.56. The van der Waals surface area contributed by atoms with Gasteiger partial charge < -0.3 is 9.88 Å². The van der Waals surface area contributed by atoms with Gasteiger partial charge in [0.2, 0.25) is 5.91 Å². The van der Waals surface area contributed by atoms with Crippen LogP contribution in [0.1, 0.15) is 5.56 Å². The van der Waals surface area contributed by atoms with E-state index in [2.05, 4.69) is 11.1 Å². The molecule has 0 saturated heterocycles. The van der Waals surface area contributed by atoms with E-state index < -0.39 is 0 Å². The second kappa shape index (κ2) is 4.84. The minimum absolute atomic E-state index is 0.130. The van der Waals surface area contributed by atoms with E-state index in [4.69, 9.17) is 0 Å². The van der Waals surface area contributed by atoms with Crippen molar-refractivity contribution in [2.24, 2.45) is 0 Å². The van der Waals surface area contributed by atoms with Crippen LogP contribution in [0.25, 0.3) is 10.9 Å². The van der Waals surface area contributed by atoms with Crippen LogP contribution in [0.2, 0.25) is 0 Å². The number of carbonyl (C=O) groups excluding carboxylic acids is 1. The van der Waals surface area contributed by atoms with E-state index in [-0.39, 0.29) is 5.91 Å². The molecule has 3 nitrogen and oxygen atoms in total. The summed E-state index contributed by atoms with van der Waals surface area (Å²) < 4.78 is 0. The number of hydrogen-bond acceptors (Lipinski definition) is 2. The Bertz CT molecular complexity index is 545. The van der Waals surface area contributed by atoms with Gasteiger partial charge in [0.1, 0.15) is 0 Å². The zero-order chi connectivity index (χ0) is 12.4. The number of aromatic amines is 1. The van der Waals surface area contributed by atoms with E-state index in [1.165, 1.54) is 0 Å². The third kappa shape index (κ3) is 2.31. The predicted octanol–water partition coefficient (Wildman–Crippen LogP) is 2.52.